The molecule has 0 unspecified atom stereocenters. The first-order valence-corrected chi connectivity index (χ1v) is 5.46. The average Bonchev–Trinajstić information content (AvgIpc) is 2.77. The third-order valence-electron chi connectivity index (χ3n) is 1.82. The maximum absolute atomic E-state index is 12.3. The minimum Gasteiger partial charge on any atom is -0.476 e. The molecule has 0 aliphatic rings. The molecule has 1 N–H and O–H groups in total. The highest BCUT2D eigenvalue weighted by Crippen LogP contribution is 2.35. The summed E-state index contributed by atoms with van der Waals surface area (Å²) in [4.78, 5) is 14.4. The fraction of sp³-hybridized carbons (Fsp3) is 0.111. The van der Waals surface area contributed by atoms with E-state index in [-0.39, 0.29) is 17.1 Å². The standard InChI is InChI=1S/C9H4F3N3O3S/c10-9(11,12)7-14-15-8(19-7)18-4-2-1-3-13-5(4)6(16)17/h1-3H,(H,16,17). The normalized spacial score (nSPS) is 11.3. The molecule has 0 radical (unpaired) electrons. The quantitative estimate of drug-likeness (QED) is 0.934. The lowest BCUT2D eigenvalue weighted by atomic mass is 10.3. The number of hydrogen-bond acceptors (Lipinski definition) is 6. The predicted molar refractivity (Wildman–Crippen MR) is 56.2 cm³/mol. The lowest BCUT2D eigenvalue weighted by Crippen LogP contribution is -2.03. The van der Waals surface area contributed by atoms with Crippen LogP contribution in [0.25, 0.3) is 0 Å². The van der Waals surface area contributed by atoms with Crippen molar-refractivity contribution in [3.63, 3.8) is 0 Å². The van der Waals surface area contributed by atoms with Gasteiger partial charge in [-0.1, -0.05) is 16.4 Å². The fourth-order valence-corrected chi connectivity index (χ4v) is 1.67. The fourth-order valence-electron chi connectivity index (χ4n) is 1.09. The molecule has 100 valence electrons. The van der Waals surface area contributed by atoms with Crippen molar-refractivity contribution >= 4 is 17.3 Å². The molecule has 6 nitrogen and oxygen atoms in total. The number of pyridine rings is 1. The zero-order chi connectivity index (χ0) is 14.0. The Balaban J connectivity index is 2.27. The van der Waals surface area contributed by atoms with Crippen LogP contribution in [0, 0.1) is 0 Å². The van der Waals surface area contributed by atoms with Crippen molar-refractivity contribution in [3.8, 4) is 10.9 Å². The Morgan fingerprint density at radius 1 is 1.37 bits per heavy atom. The molecule has 0 aromatic carbocycles. The van der Waals surface area contributed by atoms with Crippen LogP contribution >= 0.6 is 11.3 Å². The number of nitrogens with zero attached hydrogens (tertiary/aromatic N) is 3. The third kappa shape index (κ3) is 2.96. The van der Waals surface area contributed by atoms with Gasteiger partial charge in [0.05, 0.1) is 0 Å². The predicted octanol–water partition coefficient (Wildman–Crippen LogP) is 2.44. The number of hydrogen-bond donors (Lipinski definition) is 1. The van der Waals surface area contributed by atoms with Crippen LogP contribution in [0.2, 0.25) is 0 Å². The molecule has 0 fully saturated rings. The highest BCUT2D eigenvalue weighted by Gasteiger charge is 2.36. The van der Waals surface area contributed by atoms with Gasteiger partial charge in [-0.05, 0) is 12.1 Å². The first-order valence-electron chi connectivity index (χ1n) is 4.65. The monoisotopic (exact) mass is 291 g/mol. The number of carboxylic acids is 1. The van der Waals surface area contributed by atoms with E-state index in [4.69, 9.17) is 9.84 Å². The molecule has 19 heavy (non-hydrogen) atoms. The number of rotatable bonds is 3. The van der Waals surface area contributed by atoms with Gasteiger partial charge < -0.3 is 9.84 Å². The molecule has 0 amide bonds. The van der Waals surface area contributed by atoms with Crippen molar-refractivity contribution in [3.05, 3.63) is 29.0 Å². The molecule has 2 aromatic heterocycles. The van der Waals surface area contributed by atoms with Gasteiger partial charge in [0, 0.05) is 6.20 Å². The summed E-state index contributed by atoms with van der Waals surface area (Å²) in [7, 11) is 0. The Hall–Kier alpha value is -2.23. The van der Waals surface area contributed by atoms with E-state index in [0.717, 1.165) is 0 Å². The topological polar surface area (TPSA) is 85.2 Å². The molecular formula is C9H4F3N3O3S. The number of aromatic carboxylic acids is 1. The van der Waals surface area contributed by atoms with Crippen molar-refractivity contribution in [1.82, 2.24) is 15.2 Å². The highest BCUT2D eigenvalue weighted by molar-refractivity contribution is 7.13. The van der Waals surface area contributed by atoms with Gasteiger partial charge in [0.15, 0.2) is 11.4 Å². The van der Waals surface area contributed by atoms with Crippen LogP contribution < -0.4 is 4.74 Å². The zero-order valence-corrected chi connectivity index (χ0v) is 9.70. The van der Waals surface area contributed by atoms with E-state index in [9.17, 15) is 18.0 Å². The molecule has 0 atom stereocenters. The lowest BCUT2D eigenvalue weighted by molar-refractivity contribution is -0.138. The van der Waals surface area contributed by atoms with Crippen LogP contribution in [-0.4, -0.2) is 26.3 Å². The molecule has 2 rings (SSSR count). The second-order valence-electron chi connectivity index (χ2n) is 3.13. The van der Waals surface area contributed by atoms with Gasteiger partial charge in [-0.2, -0.15) is 13.2 Å². The van der Waals surface area contributed by atoms with E-state index >= 15 is 0 Å². The summed E-state index contributed by atoms with van der Waals surface area (Å²) in [5.41, 5.74) is -0.425. The number of halogens is 3. The van der Waals surface area contributed by atoms with Crippen molar-refractivity contribution in [1.29, 1.82) is 0 Å². The molecular weight excluding hydrogens is 287 g/mol. The van der Waals surface area contributed by atoms with Crippen LogP contribution in [0.5, 0.6) is 10.9 Å². The molecule has 0 aliphatic carbocycles. The van der Waals surface area contributed by atoms with Crippen LogP contribution in [0.3, 0.4) is 0 Å². The smallest absolute Gasteiger partial charge is 0.445 e. The van der Waals surface area contributed by atoms with Gasteiger partial charge in [-0.3, -0.25) is 0 Å². The van der Waals surface area contributed by atoms with Gasteiger partial charge in [-0.25, -0.2) is 9.78 Å². The molecule has 0 spiro atoms. The molecule has 10 heteroatoms. The number of carboxylic acid groups (broad SMARTS) is 1. The van der Waals surface area contributed by atoms with Gasteiger partial charge in [0.1, 0.15) is 0 Å². The van der Waals surface area contributed by atoms with Crippen LogP contribution in [-0.2, 0) is 6.18 Å². The van der Waals surface area contributed by atoms with E-state index in [1.54, 1.807) is 0 Å². The van der Waals surface area contributed by atoms with Gasteiger partial charge in [0.25, 0.3) is 5.19 Å². The van der Waals surface area contributed by atoms with Gasteiger partial charge >= 0.3 is 12.1 Å². The summed E-state index contributed by atoms with van der Waals surface area (Å²) < 4.78 is 41.8. The van der Waals surface area contributed by atoms with Gasteiger partial charge in [-0.15, -0.1) is 5.10 Å². The van der Waals surface area contributed by atoms with Crippen molar-refractivity contribution in [2.75, 3.05) is 0 Å². The Morgan fingerprint density at radius 3 is 2.68 bits per heavy atom. The Bertz CT molecular complexity index is 614. The zero-order valence-electron chi connectivity index (χ0n) is 8.88. The summed E-state index contributed by atoms with van der Waals surface area (Å²) in [5, 5.41) is 13.3. The number of aromatic nitrogens is 3. The molecule has 0 aliphatic heterocycles. The van der Waals surface area contributed by atoms with Crippen LogP contribution in [0.4, 0.5) is 13.2 Å². The van der Waals surface area contributed by atoms with E-state index in [1.807, 2.05) is 0 Å². The average molecular weight is 291 g/mol. The first-order chi connectivity index (χ1) is 8.88. The van der Waals surface area contributed by atoms with Crippen LogP contribution in [0.1, 0.15) is 15.5 Å². The number of carbonyl (C=O) groups is 1. The number of ether oxygens (including phenoxy) is 1. The maximum atomic E-state index is 12.3. The Kier molecular flexibility index (Phi) is 3.34. The lowest BCUT2D eigenvalue weighted by Gasteiger charge is -2.03. The van der Waals surface area contributed by atoms with Crippen molar-refractivity contribution < 1.29 is 27.8 Å². The molecule has 2 aromatic rings. The number of alkyl halides is 3. The van der Waals surface area contributed by atoms with E-state index in [2.05, 4.69) is 15.2 Å². The molecule has 0 saturated heterocycles. The van der Waals surface area contributed by atoms with Crippen molar-refractivity contribution in [2.24, 2.45) is 0 Å². The Morgan fingerprint density at radius 2 is 2.11 bits per heavy atom. The van der Waals surface area contributed by atoms with Crippen molar-refractivity contribution in [2.45, 2.75) is 6.18 Å². The van der Waals surface area contributed by atoms with E-state index in [1.165, 1.54) is 18.3 Å². The van der Waals surface area contributed by atoms with E-state index < -0.39 is 28.0 Å². The second kappa shape index (κ2) is 4.80. The summed E-state index contributed by atoms with van der Waals surface area (Å²) in [6.45, 7) is 0. The second-order valence-corrected chi connectivity index (χ2v) is 4.07. The summed E-state index contributed by atoms with van der Waals surface area (Å²) in [6.07, 6.45) is -3.40. The summed E-state index contributed by atoms with van der Waals surface area (Å²) in [5.74, 6) is -1.57. The van der Waals surface area contributed by atoms with Crippen LogP contribution in [0.15, 0.2) is 18.3 Å². The SMILES string of the molecule is O=C(O)c1ncccc1Oc1nnc(C(F)(F)F)s1. The van der Waals surface area contributed by atoms with Gasteiger partial charge in [0.2, 0.25) is 5.01 Å². The summed E-state index contributed by atoms with van der Waals surface area (Å²) >= 11 is 0.165. The molecule has 0 bridgehead atoms. The molecule has 2 heterocycles. The minimum atomic E-state index is -4.62. The minimum absolute atomic E-state index is 0.165. The van der Waals surface area contributed by atoms with E-state index in [0.29, 0.717) is 0 Å². The molecule has 0 saturated carbocycles. The third-order valence-corrected chi connectivity index (χ3v) is 2.67. The first kappa shape index (κ1) is 13.2. The highest BCUT2D eigenvalue weighted by atomic mass is 32.1. The maximum Gasteiger partial charge on any atom is 0.445 e. The summed E-state index contributed by atoms with van der Waals surface area (Å²) in [6, 6.07) is 2.64. The largest absolute Gasteiger partial charge is 0.476 e. The Labute approximate surface area is 107 Å².